The van der Waals surface area contributed by atoms with Crippen LogP contribution in [-0.4, -0.2) is 42.0 Å². The number of rotatable bonds is 5. The van der Waals surface area contributed by atoms with Crippen molar-refractivity contribution in [2.24, 2.45) is 11.1 Å². The smallest absolute Gasteiger partial charge is 0.265 e. The molecule has 2 atom stereocenters. The number of hydrogen-bond donors (Lipinski definition) is 1. The van der Waals surface area contributed by atoms with Gasteiger partial charge < -0.3 is 15.4 Å². The number of hydrogen-bond acceptors (Lipinski definition) is 5. The van der Waals surface area contributed by atoms with Crippen molar-refractivity contribution in [1.82, 2.24) is 9.88 Å². The number of nitrogens with two attached hydrogens (primary N) is 1. The third-order valence-corrected chi connectivity index (χ3v) is 4.98. The first-order valence-electron chi connectivity index (χ1n) is 7.06. The zero-order valence-electron chi connectivity index (χ0n) is 13.2. The van der Waals surface area contributed by atoms with Gasteiger partial charge in [0.25, 0.3) is 5.91 Å². The van der Waals surface area contributed by atoms with Crippen LogP contribution >= 0.6 is 36.2 Å². The minimum Gasteiger partial charge on any atom is -0.372 e. The molecule has 1 fully saturated rings. The third kappa shape index (κ3) is 4.80. The summed E-state index contributed by atoms with van der Waals surface area (Å²) >= 11 is 1.43. The van der Waals surface area contributed by atoms with Crippen LogP contribution in [0.4, 0.5) is 0 Å². The van der Waals surface area contributed by atoms with E-state index in [0.29, 0.717) is 18.0 Å². The number of likely N-dealkylation sites (tertiary alicyclic amines) is 1. The maximum absolute atomic E-state index is 12.5. The Kier molecular flexibility index (Phi) is 8.87. The summed E-state index contributed by atoms with van der Waals surface area (Å²) in [6, 6.07) is 0. The van der Waals surface area contributed by atoms with Crippen molar-refractivity contribution < 1.29 is 9.53 Å². The van der Waals surface area contributed by atoms with E-state index in [0.717, 1.165) is 24.5 Å². The largest absolute Gasteiger partial charge is 0.372 e. The summed E-state index contributed by atoms with van der Waals surface area (Å²) in [5, 5.41) is 0.857. The number of nitrogens with zero attached hydrogens (tertiary/aromatic N) is 2. The maximum Gasteiger partial charge on any atom is 0.265 e. The number of aromatic nitrogens is 1. The molecule has 0 radical (unpaired) electrons. The number of ether oxygens (including phenoxy) is 1. The molecule has 1 aromatic heterocycles. The van der Waals surface area contributed by atoms with Crippen molar-refractivity contribution in [3.63, 3.8) is 0 Å². The molecule has 0 spiro atoms. The van der Waals surface area contributed by atoms with E-state index in [9.17, 15) is 4.79 Å². The highest BCUT2D eigenvalue weighted by Crippen LogP contribution is 2.31. The van der Waals surface area contributed by atoms with Crippen LogP contribution in [0.3, 0.4) is 0 Å². The second-order valence-corrected chi connectivity index (χ2v) is 6.71. The van der Waals surface area contributed by atoms with Crippen molar-refractivity contribution in [3.8, 4) is 0 Å². The van der Waals surface area contributed by atoms with Crippen LogP contribution in [0.5, 0.6) is 0 Å². The number of carbonyl (C=O) groups is 1. The molecule has 2 unspecified atom stereocenters. The highest BCUT2D eigenvalue weighted by molar-refractivity contribution is 7.13. The average Bonchev–Trinajstić information content (AvgIpc) is 3.06. The van der Waals surface area contributed by atoms with Gasteiger partial charge in [-0.25, -0.2) is 4.98 Å². The molecule has 1 amide bonds. The Morgan fingerprint density at radius 3 is 2.82 bits per heavy atom. The van der Waals surface area contributed by atoms with Crippen LogP contribution in [0.25, 0.3) is 0 Å². The van der Waals surface area contributed by atoms with E-state index in [1.165, 1.54) is 11.3 Å². The molecule has 0 bridgehead atoms. The summed E-state index contributed by atoms with van der Waals surface area (Å²) in [4.78, 5) is 19.3. The molecular formula is C14H25Cl2N3O2S. The Labute approximate surface area is 148 Å². The fourth-order valence-electron chi connectivity index (χ4n) is 2.42. The van der Waals surface area contributed by atoms with Gasteiger partial charge in [-0.15, -0.1) is 36.2 Å². The first-order valence-corrected chi connectivity index (χ1v) is 7.87. The van der Waals surface area contributed by atoms with Crippen molar-refractivity contribution in [3.05, 3.63) is 16.1 Å². The SMILES string of the molecule is CCOC(C)c1ncc(C(=O)N2CCC(C)(CN)C2)s1.Cl.Cl. The maximum atomic E-state index is 12.5. The number of thiazole rings is 1. The Morgan fingerprint density at radius 1 is 1.59 bits per heavy atom. The molecule has 8 heteroatoms. The standard InChI is InChI=1S/C14H23N3O2S.2ClH/c1-4-19-10(2)12-16-7-11(20-12)13(18)17-6-5-14(3,8-15)9-17;;/h7,10H,4-6,8-9,15H2,1-3H3;2*1H. The van der Waals surface area contributed by atoms with Crippen LogP contribution in [0.2, 0.25) is 0 Å². The fourth-order valence-corrected chi connectivity index (χ4v) is 3.30. The molecule has 2 rings (SSSR count). The second kappa shape index (κ2) is 9.03. The van der Waals surface area contributed by atoms with Crippen molar-refractivity contribution in [2.45, 2.75) is 33.3 Å². The van der Waals surface area contributed by atoms with E-state index in [1.807, 2.05) is 18.7 Å². The van der Waals surface area contributed by atoms with Gasteiger partial charge in [-0.2, -0.15) is 0 Å². The van der Waals surface area contributed by atoms with Crippen LogP contribution in [0, 0.1) is 5.41 Å². The lowest BCUT2D eigenvalue weighted by Crippen LogP contribution is -2.34. The van der Waals surface area contributed by atoms with Gasteiger partial charge in [0.2, 0.25) is 0 Å². The average molecular weight is 370 g/mol. The summed E-state index contributed by atoms with van der Waals surface area (Å²) in [5.74, 6) is 0.0645. The van der Waals surface area contributed by atoms with Crippen molar-refractivity contribution >= 4 is 42.1 Å². The van der Waals surface area contributed by atoms with Gasteiger partial charge in [-0.1, -0.05) is 6.92 Å². The minimum absolute atomic E-state index is 0. The zero-order valence-corrected chi connectivity index (χ0v) is 15.7. The molecule has 2 N–H and O–H groups in total. The molecule has 1 aromatic rings. The lowest BCUT2D eigenvalue weighted by atomic mass is 9.90. The van der Waals surface area contributed by atoms with Gasteiger partial charge in [0, 0.05) is 19.7 Å². The molecule has 128 valence electrons. The Hall–Kier alpha value is -0.400. The Morgan fingerprint density at radius 2 is 2.27 bits per heavy atom. The molecule has 1 saturated heterocycles. The van der Waals surface area contributed by atoms with Gasteiger partial charge in [-0.3, -0.25) is 4.79 Å². The summed E-state index contributed by atoms with van der Waals surface area (Å²) in [6.45, 7) is 8.82. The van der Waals surface area contributed by atoms with E-state index < -0.39 is 0 Å². The third-order valence-electron chi connectivity index (χ3n) is 3.84. The highest BCUT2D eigenvalue weighted by Gasteiger charge is 2.35. The molecule has 1 aliphatic rings. The van der Waals surface area contributed by atoms with E-state index in [1.54, 1.807) is 6.20 Å². The van der Waals surface area contributed by atoms with Crippen LogP contribution in [0.1, 0.15) is 48.0 Å². The molecule has 5 nitrogen and oxygen atoms in total. The number of amides is 1. The lowest BCUT2D eigenvalue weighted by molar-refractivity contribution is 0.0762. The minimum atomic E-state index is -0.0561. The Bertz CT molecular complexity index is 486. The zero-order chi connectivity index (χ0) is 14.8. The molecule has 1 aliphatic heterocycles. The fraction of sp³-hybridized carbons (Fsp3) is 0.714. The van der Waals surface area contributed by atoms with E-state index in [-0.39, 0.29) is 42.2 Å². The van der Waals surface area contributed by atoms with Gasteiger partial charge in [0.1, 0.15) is 16.0 Å². The predicted molar refractivity (Wildman–Crippen MR) is 94.3 cm³/mol. The van der Waals surface area contributed by atoms with Crippen molar-refractivity contribution in [1.29, 1.82) is 0 Å². The van der Waals surface area contributed by atoms with E-state index in [2.05, 4.69) is 11.9 Å². The summed E-state index contributed by atoms with van der Waals surface area (Å²) in [5.41, 5.74) is 5.84. The van der Waals surface area contributed by atoms with Gasteiger partial charge in [0.15, 0.2) is 0 Å². The highest BCUT2D eigenvalue weighted by atomic mass is 35.5. The summed E-state index contributed by atoms with van der Waals surface area (Å²) in [6.07, 6.45) is 2.58. The van der Waals surface area contributed by atoms with Gasteiger partial charge in [-0.05, 0) is 32.2 Å². The van der Waals surface area contributed by atoms with E-state index >= 15 is 0 Å². The first kappa shape index (κ1) is 21.6. The predicted octanol–water partition coefficient (Wildman–Crippen LogP) is 2.90. The molecule has 0 aromatic carbocycles. The lowest BCUT2D eigenvalue weighted by Gasteiger charge is -2.22. The molecule has 0 aliphatic carbocycles. The van der Waals surface area contributed by atoms with Gasteiger partial charge >= 0.3 is 0 Å². The summed E-state index contributed by atoms with van der Waals surface area (Å²) < 4.78 is 5.50. The molecule has 22 heavy (non-hydrogen) atoms. The topological polar surface area (TPSA) is 68.5 Å². The molecule has 0 saturated carbocycles. The van der Waals surface area contributed by atoms with E-state index in [4.69, 9.17) is 10.5 Å². The van der Waals surface area contributed by atoms with Crippen LogP contribution < -0.4 is 5.73 Å². The van der Waals surface area contributed by atoms with Crippen LogP contribution in [0.15, 0.2) is 6.20 Å². The molecule has 2 heterocycles. The summed E-state index contributed by atoms with van der Waals surface area (Å²) in [7, 11) is 0. The van der Waals surface area contributed by atoms with Crippen molar-refractivity contribution in [2.75, 3.05) is 26.2 Å². The normalized spacial score (nSPS) is 21.9. The quantitative estimate of drug-likeness (QED) is 0.865. The second-order valence-electron chi connectivity index (χ2n) is 5.65. The number of carbonyl (C=O) groups excluding carboxylic acids is 1. The first-order chi connectivity index (χ1) is 9.49. The number of halogens is 2. The van der Waals surface area contributed by atoms with Gasteiger partial charge in [0.05, 0.1) is 6.20 Å². The van der Waals surface area contributed by atoms with Crippen LogP contribution in [-0.2, 0) is 4.74 Å². The Balaban J connectivity index is 0.00000220. The molecular weight excluding hydrogens is 345 g/mol. The monoisotopic (exact) mass is 369 g/mol.